The van der Waals surface area contributed by atoms with Crippen LogP contribution in [0.5, 0.6) is 0 Å². The minimum Gasteiger partial charge on any atom is -0.481 e. The van der Waals surface area contributed by atoms with Crippen LogP contribution in [0.4, 0.5) is 0 Å². The Morgan fingerprint density at radius 3 is 1.11 bits per heavy atom. The summed E-state index contributed by atoms with van der Waals surface area (Å²) < 4.78 is 8.70. The second-order valence-electron chi connectivity index (χ2n) is 6.50. The van der Waals surface area contributed by atoms with Gasteiger partial charge in [-0.1, -0.05) is 0 Å². The van der Waals surface area contributed by atoms with Crippen molar-refractivity contribution in [1.29, 1.82) is 0 Å². The summed E-state index contributed by atoms with van der Waals surface area (Å²) in [6, 6.07) is 0. The summed E-state index contributed by atoms with van der Waals surface area (Å²) in [7, 11) is 0. The molecule has 0 aliphatic rings. The number of hydrogen-bond donors (Lipinski definition) is 7. The molecule has 35 heavy (non-hydrogen) atoms. The molecule has 206 valence electrons. The Labute approximate surface area is 214 Å². The van der Waals surface area contributed by atoms with E-state index in [1.165, 1.54) is 0 Å². The molecule has 1 atom stereocenters. The van der Waals surface area contributed by atoms with Gasteiger partial charge in [-0.05, 0) is 0 Å². The van der Waals surface area contributed by atoms with Crippen LogP contribution in [0.15, 0.2) is 0 Å². The molecule has 0 spiro atoms. The molecular formula is C16H18Cu2O17. The summed E-state index contributed by atoms with van der Waals surface area (Å²) >= 11 is 0. The number of carbonyl (C=O) groups is 8. The number of ether oxygens (including phenoxy) is 2. The van der Waals surface area contributed by atoms with Gasteiger partial charge < -0.3 is 45.2 Å². The maximum Gasteiger partial charge on any atom is 0.349 e. The summed E-state index contributed by atoms with van der Waals surface area (Å²) in [5, 5.41) is 63.3. The molecule has 0 aliphatic carbocycles. The van der Waals surface area contributed by atoms with E-state index in [2.05, 4.69) is 9.47 Å². The van der Waals surface area contributed by atoms with Gasteiger partial charge in [-0.2, -0.15) is 0 Å². The number of carboxylic acids is 6. The largest absolute Gasteiger partial charge is 0.481 e. The Bertz CT molecular complexity index is 834. The van der Waals surface area contributed by atoms with Crippen molar-refractivity contribution in [2.75, 3.05) is 0 Å². The fraction of sp³-hybridized carbons (Fsp3) is 0.500. The number of aliphatic hydroxyl groups is 1. The van der Waals surface area contributed by atoms with Gasteiger partial charge in [0.1, 0.15) is 0 Å². The monoisotopic (exact) mass is 608 g/mol. The summed E-state index contributed by atoms with van der Waals surface area (Å²) in [5.74, 6) is -15.9. The number of esters is 2. The summed E-state index contributed by atoms with van der Waals surface area (Å²) in [5.41, 5.74) is -6.34. The molecule has 0 amide bonds. The standard InChI is InChI=1S/C16H18O17.2Cu/c17-6(12(27)33-16(14(30)31,4-9(22)23)5-10(24)25)1-11(26)32-15(13(28)29,2-7(18)19)3-8(20)21;;/h6,17H,1-5H2,(H,18,19)(H,20,21)(H,22,23)(H,24,25)(H,28,29)(H,30,31);;. The first-order chi connectivity index (χ1) is 15.0. The predicted octanol–water partition coefficient (Wildman–Crippen LogP) is -2.64. The van der Waals surface area contributed by atoms with Crippen molar-refractivity contribution in [1.82, 2.24) is 0 Å². The number of rotatable bonds is 15. The minimum atomic E-state index is -3.20. The number of hydrogen-bond acceptors (Lipinski definition) is 11. The van der Waals surface area contributed by atoms with E-state index in [9.17, 15) is 43.5 Å². The average molecular weight is 609 g/mol. The van der Waals surface area contributed by atoms with E-state index in [-0.39, 0.29) is 34.1 Å². The molecule has 0 saturated carbocycles. The van der Waals surface area contributed by atoms with E-state index in [1.54, 1.807) is 0 Å². The van der Waals surface area contributed by atoms with Crippen molar-refractivity contribution >= 4 is 47.8 Å². The van der Waals surface area contributed by atoms with Crippen molar-refractivity contribution in [2.45, 2.75) is 49.4 Å². The number of carboxylic acid groups (broad SMARTS) is 6. The minimum absolute atomic E-state index is 0. The first-order valence-electron chi connectivity index (χ1n) is 8.43. The first kappa shape index (κ1) is 36.3. The molecule has 0 aromatic rings. The molecule has 0 aromatic carbocycles. The SMILES string of the molecule is O=C(O)CC(CC(=O)O)(OC(=O)CC(O)C(=O)OC(CC(=O)O)(CC(=O)O)C(=O)O)C(=O)O.[Cu].[Cu]. The van der Waals surface area contributed by atoms with Crippen LogP contribution in [0, 0.1) is 0 Å². The van der Waals surface area contributed by atoms with Crippen molar-refractivity contribution in [2.24, 2.45) is 0 Å². The van der Waals surface area contributed by atoms with Crippen LogP contribution in [0.25, 0.3) is 0 Å². The molecule has 2 radical (unpaired) electrons. The third kappa shape index (κ3) is 11.6. The van der Waals surface area contributed by atoms with Crippen LogP contribution < -0.4 is 0 Å². The predicted molar refractivity (Wildman–Crippen MR) is 92.6 cm³/mol. The molecule has 19 heteroatoms. The van der Waals surface area contributed by atoms with E-state index in [0.29, 0.717) is 0 Å². The van der Waals surface area contributed by atoms with Gasteiger partial charge in [-0.25, -0.2) is 14.4 Å². The Kier molecular flexibility index (Phi) is 15.5. The van der Waals surface area contributed by atoms with Crippen molar-refractivity contribution < 1.29 is 118 Å². The normalized spacial score (nSPS) is 11.5. The number of aliphatic carboxylic acids is 6. The van der Waals surface area contributed by atoms with E-state index in [0.717, 1.165) is 0 Å². The van der Waals surface area contributed by atoms with Crippen molar-refractivity contribution in [3.63, 3.8) is 0 Å². The fourth-order valence-corrected chi connectivity index (χ4v) is 2.40. The first-order valence-corrected chi connectivity index (χ1v) is 8.43. The van der Waals surface area contributed by atoms with Crippen LogP contribution in [0.3, 0.4) is 0 Å². The maximum absolute atomic E-state index is 12.0. The van der Waals surface area contributed by atoms with Gasteiger partial charge in [0, 0.05) is 34.1 Å². The molecule has 0 rings (SSSR count). The van der Waals surface area contributed by atoms with Gasteiger partial charge in [-0.3, -0.25) is 24.0 Å². The third-order valence-electron chi connectivity index (χ3n) is 3.76. The van der Waals surface area contributed by atoms with E-state index in [4.69, 9.17) is 30.6 Å². The van der Waals surface area contributed by atoms with Crippen LogP contribution >= 0.6 is 0 Å². The summed E-state index contributed by atoms with van der Waals surface area (Å²) in [4.78, 5) is 90.3. The zero-order chi connectivity index (χ0) is 26.1. The van der Waals surface area contributed by atoms with Gasteiger partial charge in [-0.15, -0.1) is 0 Å². The Hall–Kier alpha value is -3.24. The zero-order valence-corrected chi connectivity index (χ0v) is 18.8. The van der Waals surface area contributed by atoms with Gasteiger partial charge in [0.05, 0.1) is 32.1 Å². The number of carbonyl (C=O) groups excluding carboxylic acids is 2. The van der Waals surface area contributed by atoms with Crippen LogP contribution in [0.1, 0.15) is 32.1 Å². The van der Waals surface area contributed by atoms with Crippen LogP contribution in [-0.2, 0) is 82.0 Å². The fourth-order valence-electron chi connectivity index (χ4n) is 2.40. The molecule has 7 N–H and O–H groups in total. The average Bonchev–Trinajstić information content (AvgIpc) is 2.58. The second kappa shape index (κ2) is 14.9. The summed E-state index contributed by atoms with van der Waals surface area (Å²) in [6.07, 6.45) is -10.4. The van der Waals surface area contributed by atoms with E-state index < -0.39 is 97.2 Å². The molecule has 17 nitrogen and oxygen atoms in total. The Morgan fingerprint density at radius 2 is 0.857 bits per heavy atom. The van der Waals surface area contributed by atoms with Gasteiger partial charge in [0.2, 0.25) is 11.2 Å². The van der Waals surface area contributed by atoms with Crippen molar-refractivity contribution in [3.8, 4) is 0 Å². The van der Waals surface area contributed by atoms with Crippen LogP contribution in [0.2, 0.25) is 0 Å². The quantitative estimate of drug-likeness (QED) is 0.0737. The molecule has 1 unspecified atom stereocenters. The Morgan fingerprint density at radius 1 is 0.571 bits per heavy atom. The molecule has 0 aliphatic heterocycles. The molecule has 0 bridgehead atoms. The number of aliphatic hydroxyl groups excluding tert-OH is 1. The van der Waals surface area contributed by atoms with E-state index >= 15 is 0 Å². The zero-order valence-electron chi connectivity index (χ0n) is 16.9. The second-order valence-corrected chi connectivity index (χ2v) is 6.50. The Balaban J connectivity index is -0.00000512. The molecule has 0 fully saturated rings. The van der Waals surface area contributed by atoms with Crippen molar-refractivity contribution in [3.05, 3.63) is 0 Å². The molecule has 0 saturated heterocycles. The topological polar surface area (TPSA) is 297 Å². The molecule has 0 aromatic heterocycles. The smallest absolute Gasteiger partial charge is 0.349 e. The van der Waals surface area contributed by atoms with Gasteiger partial charge in [0.25, 0.3) is 0 Å². The maximum atomic E-state index is 12.0. The van der Waals surface area contributed by atoms with E-state index in [1.807, 2.05) is 0 Å². The summed E-state index contributed by atoms with van der Waals surface area (Å²) in [6.45, 7) is 0. The van der Waals surface area contributed by atoms with Gasteiger partial charge in [0.15, 0.2) is 6.10 Å². The van der Waals surface area contributed by atoms with Gasteiger partial charge >= 0.3 is 47.8 Å². The van der Waals surface area contributed by atoms with Crippen LogP contribution in [-0.4, -0.2) is 101 Å². The molecular weight excluding hydrogens is 591 g/mol. The third-order valence-corrected chi connectivity index (χ3v) is 3.76. The molecule has 0 heterocycles.